The predicted octanol–water partition coefficient (Wildman–Crippen LogP) is 3.65. The zero-order chi connectivity index (χ0) is 24.7. The maximum absolute atomic E-state index is 13.3. The maximum Gasteiger partial charge on any atom is 0.262 e. The topological polar surface area (TPSA) is 97.3 Å². The predicted molar refractivity (Wildman–Crippen MR) is 126 cm³/mol. The van der Waals surface area contributed by atoms with Crippen LogP contribution in [0.15, 0.2) is 53.7 Å². The molecule has 2 aromatic rings. The molecule has 10 heteroatoms. The zero-order valence-corrected chi connectivity index (χ0v) is 19.4. The number of hydrazone groups is 1. The van der Waals surface area contributed by atoms with Crippen LogP contribution in [-0.4, -0.2) is 42.7 Å². The van der Waals surface area contributed by atoms with Crippen molar-refractivity contribution in [1.82, 2.24) is 5.01 Å². The number of ether oxygens (including phenoxy) is 2. The van der Waals surface area contributed by atoms with Gasteiger partial charge in [0.05, 0.1) is 30.2 Å². The minimum absolute atomic E-state index is 0.103. The van der Waals surface area contributed by atoms with E-state index in [1.165, 1.54) is 37.6 Å². The number of anilines is 1. The van der Waals surface area contributed by atoms with Gasteiger partial charge in [-0.05, 0) is 54.2 Å². The Labute approximate surface area is 205 Å². The van der Waals surface area contributed by atoms with Gasteiger partial charge in [0.1, 0.15) is 5.82 Å². The largest absolute Gasteiger partial charge is 0.493 e. The minimum atomic E-state index is -0.514. The molecule has 3 amide bonds. The molecule has 1 aliphatic heterocycles. The summed E-state index contributed by atoms with van der Waals surface area (Å²) in [4.78, 5) is 37.7. The number of allylic oxidation sites excluding steroid dienone is 2. The van der Waals surface area contributed by atoms with Gasteiger partial charge in [-0.15, -0.1) is 0 Å². The number of carbonyl (C=O) groups is 3. The Balaban J connectivity index is 1.26. The summed E-state index contributed by atoms with van der Waals surface area (Å²) in [5.41, 5.74) is 0.768. The van der Waals surface area contributed by atoms with Crippen LogP contribution in [0.1, 0.15) is 12.0 Å². The first-order valence-corrected chi connectivity index (χ1v) is 11.4. The van der Waals surface area contributed by atoms with Crippen LogP contribution in [0, 0.1) is 29.5 Å². The van der Waals surface area contributed by atoms with Crippen LogP contribution >= 0.6 is 11.6 Å². The second kappa shape index (κ2) is 9.14. The number of methoxy groups -OCH3 is 1. The molecule has 0 aromatic heterocycles. The number of fused-ring (bicyclic) bond motifs is 5. The van der Waals surface area contributed by atoms with Crippen LogP contribution in [0.25, 0.3) is 0 Å². The lowest BCUT2D eigenvalue weighted by Crippen LogP contribution is -2.28. The molecule has 35 heavy (non-hydrogen) atoms. The Morgan fingerprint density at radius 1 is 1.20 bits per heavy atom. The summed E-state index contributed by atoms with van der Waals surface area (Å²) in [5.74, 6) is -1.65. The monoisotopic (exact) mass is 497 g/mol. The molecule has 2 aromatic carbocycles. The van der Waals surface area contributed by atoms with E-state index in [-0.39, 0.29) is 52.0 Å². The molecule has 8 nitrogen and oxygen atoms in total. The molecule has 1 heterocycles. The van der Waals surface area contributed by atoms with E-state index in [1.807, 2.05) is 12.2 Å². The van der Waals surface area contributed by atoms with E-state index in [1.54, 1.807) is 12.1 Å². The van der Waals surface area contributed by atoms with Crippen molar-refractivity contribution in [2.24, 2.45) is 28.8 Å². The van der Waals surface area contributed by atoms with E-state index in [2.05, 4.69) is 10.4 Å². The highest BCUT2D eigenvalue weighted by Crippen LogP contribution is 2.52. The highest BCUT2D eigenvalue weighted by atomic mass is 35.5. The van der Waals surface area contributed by atoms with Crippen molar-refractivity contribution in [1.29, 1.82) is 0 Å². The molecule has 2 bridgehead atoms. The fourth-order valence-corrected chi connectivity index (χ4v) is 5.25. The zero-order valence-electron chi connectivity index (χ0n) is 18.6. The van der Waals surface area contributed by atoms with Crippen molar-refractivity contribution in [3.05, 3.63) is 65.0 Å². The molecule has 1 saturated carbocycles. The van der Waals surface area contributed by atoms with E-state index >= 15 is 0 Å². The molecular weight excluding hydrogens is 477 g/mol. The van der Waals surface area contributed by atoms with Gasteiger partial charge >= 0.3 is 0 Å². The van der Waals surface area contributed by atoms with E-state index in [4.69, 9.17) is 21.1 Å². The van der Waals surface area contributed by atoms with Gasteiger partial charge in [0.25, 0.3) is 17.7 Å². The van der Waals surface area contributed by atoms with Gasteiger partial charge in [-0.25, -0.2) is 4.39 Å². The molecule has 2 fully saturated rings. The van der Waals surface area contributed by atoms with Crippen molar-refractivity contribution in [3.8, 4) is 11.5 Å². The average molecular weight is 498 g/mol. The second-order valence-electron chi connectivity index (χ2n) is 8.61. The molecule has 180 valence electrons. The van der Waals surface area contributed by atoms with Gasteiger partial charge in [0.15, 0.2) is 18.1 Å². The summed E-state index contributed by atoms with van der Waals surface area (Å²) in [6.45, 7) is -0.393. The van der Waals surface area contributed by atoms with Crippen molar-refractivity contribution in [2.75, 3.05) is 19.0 Å². The Morgan fingerprint density at radius 2 is 1.91 bits per heavy atom. The fourth-order valence-electron chi connectivity index (χ4n) is 4.98. The smallest absolute Gasteiger partial charge is 0.262 e. The third kappa shape index (κ3) is 4.27. The van der Waals surface area contributed by atoms with E-state index in [0.717, 1.165) is 11.4 Å². The first kappa shape index (κ1) is 23.0. The standard InChI is InChI=1S/C25H21ClFN3O5/c1-34-19-8-13(11-28-30-24(32)21-14-5-6-15(9-14)22(21)25(30)33)7-18(26)23(19)35-12-20(31)29-17-4-2-3-16(27)10-17/h2-8,10-11,14-15,21-22H,9,12H2,1H3,(H,29,31)/t14-,15-,21-,22+/m0/s1. The Morgan fingerprint density at radius 3 is 2.57 bits per heavy atom. The third-order valence-corrected chi connectivity index (χ3v) is 6.76. The number of nitrogens with one attached hydrogen (secondary N) is 1. The van der Waals surface area contributed by atoms with Crippen LogP contribution in [0.3, 0.4) is 0 Å². The lowest BCUT2D eigenvalue weighted by molar-refractivity contribution is -0.140. The van der Waals surface area contributed by atoms with Crippen molar-refractivity contribution in [2.45, 2.75) is 6.42 Å². The number of hydrogen-bond acceptors (Lipinski definition) is 6. The summed E-state index contributed by atoms with van der Waals surface area (Å²) in [5, 5.41) is 7.75. The third-order valence-electron chi connectivity index (χ3n) is 6.48. The van der Waals surface area contributed by atoms with Gasteiger partial charge < -0.3 is 14.8 Å². The van der Waals surface area contributed by atoms with E-state index in [0.29, 0.717) is 11.3 Å². The SMILES string of the molecule is COc1cc(C=NN2C(=O)[C@@H]3[C@H](C2=O)[C@H]2C=C[C@H]3C2)cc(Cl)c1OCC(=O)Nc1cccc(F)c1. The molecule has 0 unspecified atom stereocenters. The van der Waals surface area contributed by atoms with Gasteiger partial charge in [0, 0.05) is 5.69 Å². The summed E-state index contributed by atoms with van der Waals surface area (Å²) in [7, 11) is 1.41. The molecule has 0 spiro atoms. The van der Waals surface area contributed by atoms with Crippen molar-refractivity contribution >= 4 is 41.2 Å². The van der Waals surface area contributed by atoms with E-state index in [9.17, 15) is 18.8 Å². The molecule has 3 aliphatic rings. The molecule has 2 aliphatic carbocycles. The van der Waals surface area contributed by atoms with Gasteiger partial charge in [0.2, 0.25) is 0 Å². The van der Waals surface area contributed by atoms with Crippen LogP contribution in [0.2, 0.25) is 5.02 Å². The number of halogens is 2. The van der Waals surface area contributed by atoms with Crippen LogP contribution < -0.4 is 14.8 Å². The molecular formula is C25H21ClFN3O5. The maximum atomic E-state index is 13.3. The summed E-state index contributed by atoms with van der Waals surface area (Å²) in [6.07, 6.45) is 6.25. The molecule has 0 radical (unpaired) electrons. The van der Waals surface area contributed by atoms with Gasteiger partial charge in [-0.1, -0.05) is 29.8 Å². The second-order valence-corrected chi connectivity index (χ2v) is 9.02. The number of nitrogens with zero attached hydrogens (tertiary/aromatic N) is 2. The molecule has 1 saturated heterocycles. The number of carbonyl (C=O) groups excluding carboxylic acids is 3. The van der Waals surface area contributed by atoms with Crippen LogP contribution in [-0.2, 0) is 14.4 Å². The van der Waals surface area contributed by atoms with Crippen LogP contribution in [0.5, 0.6) is 11.5 Å². The lowest BCUT2D eigenvalue weighted by Gasteiger charge is -2.14. The Kier molecular flexibility index (Phi) is 6.02. The van der Waals surface area contributed by atoms with Crippen LogP contribution in [0.4, 0.5) is 10.1 Å². The summed E-state index contributed by atoms with van der Waals surface area (Å²) in [6, 6.07) is 8.56. The normalized spacial score (nSPS) is 24.4. The summed E-state index contributed by atoms with van der Waals surface area (Å²) >= 11 is 6.35. The first-order valence-electron chi connectivity index (χ1n) is 11.0. The van der Waals surface area contributed by atoms with E-state index < -0.39 is 18.3 Å². The van der Waals surface area contributed by atoms with Gasteiger partial charge in [-0.3, -0.25) is 14.4 Å². The van der Waals surface area contributed by atoms with Crippen molar-refractivity contribution in [3.63, 3.8) is 0 Å². The first-order chi connectivity index (χ1) is 16.9. The highest BCUT2D eigenvalue weighted by molar-refractivity contribution is 6.32. The fraction of sp³-hybridized carbons (Fsp3) is 0.280. The molecule has 1 N–H and O–H groups in total. The minimum Gasteiger partial charge on any atom is -0.493 e. The number of amides is 3. The molecule has 4 atom stereocenters. The Bertz CT molecular complexity index is 1250. The van der Waals surface area contributed by atoms with Crippen molar-refractivity contribution < 1.29 is 28.2 Å². The molecule has 5 rings (SSSR count). The Hall–Kier alpha value is -3.72. The highest BCUT2D eigenvalue weighted by Gasteiger charge is 2.59. The number of imide groups is 1. The lowest BCUT2D eigenvalue weighted by atomic mass is 9.85. The summed E-state index contributed by atoms with van der Waals surface area (Å²) < 4.78 is 24.2. The number of rotatable bonds is 7. The number of hydrogen-bond donors (Lipinski definition) is 1. The van der Waals surface area contributed by atoms with Gasteiger partial charge in [-0.2, -0.15) is 10.1 Å². The number of benzene rings is 2. The average Bonchev–Trinajstić information content (AvgIpc) is 3.51. The quantitative estimate of drug-likeness (QED) is 0.358.